The molecule has 1 amide bonds. The number of halogens is 1. The fourth-order valence-corrected chi connectivity index (χ4v) is 1.75. The van der Waals surface area contributed by atoms with Crippen molar-refractivity contribution in [2.45, 2.75) is 6.54 Å². The van der Waals surface area contributed by atoms with Crippen molar-refractivity contribution in [3.63, 3.8) is 0 Å². The predicted molar refractivity (Wildman–Crippen MR) is 75.1 cm³/mol. The maximum absolute atomic E-state index is 12.7. The quantitative estimate of drug-likeness (QED) is 0.512. The van der Waals surface area contributed by atoms with Gasteiger partial charge in [0.15, 0.2) is 0 Å². The molecule has 0 unspecified atom stereocenters. The summed E-state index contributed by atoms with van der Waals surface area (Å²) in [5.74, 6) is -0.769. The van der Waals surface area contributed by atoms with Crippen molar-refractivity contribution in [1.29, 1.82) is 0 Å². The van der Waals surface area contributed by atoms with Crippen molar-refractivity contribution in [3.05, 3.63) is 69.5 Å². The third-order valence-electron chi connectivity index (χ3n) is 2.85. The number of nitro benzene ring substituents is 1. The Balaban J connectivity index is 2.05. The van der Waals surface area contributed by atoms with Crippen LogP contribution in [0.5, 0.6) is 0 Å². The van der Waals surface area contributed by atoms with E-state index in [0.717, 1.165) is 5.56 Å². The first-order valence-corrected chi connectivity index (χ1v) is 6.04. The van der Waals surface area contributed by atoms with Gasteiger partial charge in [-0.1, -0.05) is 12.1 Å². The first-order chi connectivity index (χ1) is 9.97. The number of hydrogen-bond acceptors (Lipinski definition) is 4. The first kappa shape index (κ1) is 14.4. The summed E-state index contributed by atoms with van der Waals surface area (Å²) in [6, 6.07) is 9.46. The molecule has 7 heteroatoms. The molecule has 108 valence electrons. The Bertz CT molecular complexity index is 686. The second kappa shape index (κ2) is 6.00. The molecule has 0 spiro atoms. The van der Waals surface area contributed by atoms with E-state index >= 15 is 0 Å². The Kier molecular flexibility index (Phi) is 4.13. The minimum atomic E-state index is -0.616. The summed E-state index contributed by atoms with van der Waals surface area (Å²) in [7, 11) is 0. The maximum Gasteiger partial charge on any atom is 0.292 e. The van der Waals surface area contributed by atoms with Gasteiger partial charge in [0.1, 0.15) is 11.5 Å². The highest BCUT2D eigenvalue weighted by molar-refractivity contribution is 5.95. The summed E-state index contributed by atoms with van der Waals surface area (Å²) >= 11 is 0. The van der Waals surface area contributed by atoms with E-state index in [1.807, 2.05) is 0 Å². The number of carbonyl (C=O) groups excluding carboxylic acids is 1. The summed E-state index contributed by atoms with van der Waals surface area (Å²) in [6.07, 6.45) is 0. The van der Waals surface area contributed by atoms with Crippen molar-refractivity contribution in [3.8, 4) is 0 Å². The molecule has 0 aliphatic carbocycles. The molecule has 0 saturated heterocycles. The van der Waals surface area contributed by atoms with E-state index in [1.54, 1.807) is 12.1 Å². The van der Waals surface area contributed by atoms with Gasteiger partial charge >= 0.3 is 0 Å². The zero-order valence-corrected chi connectivity index (χ0v) is 10.9. The largest absolute Gasteiger partial charge is 0.393 e. The molecule has 0 aliphatic rings. The Hall–Kier alpha value is -2.96. The van der Waals surface area contributed by atoms with Crippen LogP contribution in [0.15, 0.2) is 42.5 Å². The maximum atomic E-state index is 12.7. The summed E-state index contributed by atoms with van der Waals surface area (Å²) in [6.45, 7) is 0.218. The van der Waals surface area contributed by atoms with Crippen LogP contribution in [0.1, 0.15) is 15.9 Å². The molecule has 2 aromatic carbocycles. The third-order valence-corrected chi connectivity index (χ3v) is 2.85. The van der Waals surface area contributed by atoms with Crippen LogP contribution in [0.25, 0.3) is 0 Å². The Morgan fingerprint density at radius 1 is 1.24 bits per heavy atom. The lowest BCUT2D eigenvalue weighted by atomic mass is 10.1. The highest BCUT2D eigenvalue weighted by Gasteiger charge is 2.14. The summed E-state index contributed by atoms with van der Waals surface area (Å²) in [5, 5.41) is 13.3. The van der Waals surface area contributed by atoms with Gasteiger partial charge in [0.05, 0.1) is 4.92 Å². The van der Waals surface area contributed by atoms with Crippen molar-refractivity contribution in [1.82, 2.24) is 5.32 Å². The van der Waals surface area contributed by atoms with Gasteiger partial charge in [-0.2, -0.15) is 0 Å². The lowest BCUT2D eigenvalue weighted by molar-refractivity contribution is -0.383. The zero-order valence-electron chi connectivity index (χ0n) is 10.9. The molecule has 0 heterocycles. The highest BCUT2D eigenvalue weighted by Crippen LogP contribution is 2.21. The van der Waals surface area contributed by atoms with Crippen LogP contribution in [-0.2, 0) is 6.54 Å². The minimum absolute atomic E-state index is 0.0746. The van der Waals surface area contributed by atoms with Crippen molar-refractivity contribution in [2.75, 3.05) is 5.73 Å². The number of amides is 1. The van der Waals surface area contributed by atoms with Gasteiger partial charge < -0.3 is 11.1 Å². The van der Waals surface area contributed by atoms with E-state index in [1.165, 1.54) is 30.3 Å². The summed E-state index contributed by atoms with van der Waals surface area (Å²) < 4.78 is 12.7. The van der Waals surface area contributed by atoms with E-state index < -0.39 is 10.8 Å². The van der Waals surface area contributed by atoms with Crippen LogP contribution in [0.4, 0.5) is 15.8 Å². The number of rotatable bonds is 4. The SMILES string of the molecule is Nc1cc(C(=O)NCc2ccc(F)cc2)ccc1[N+](=O)[O-]. The molecular formula is C14H12FN3O3. The first-order valence-electron chi connectivity index (χ1n) is 6.04. The standard InChI is InChI=1S/C14H12FN3O3/c15-11-4-1-9(2-5-11)8-17-14(19)10-3-6-13(18(20)21)12(16)7-10/h1-7H,8,16H2,(H,17,19). The highest BCUT2D eigenvalue weighted by atomic mass is 19.1. The average molecular weight is 289 g/mol. The molecule has 3 N–H and O–H groups in total. The number of nitrogens with two attached hydrogens (primary N) is 1. The topological polar surface area (TPSA) is 98.3 Å². The number of nitro groups is 1. The Labute approximate surface area is 119 Å². The van der Waals surface area contributed by atoms with E-state index in [9.17, 15) is 19.3 Å². The van der Waals surface area contributed by atoms with Gasteiger partial charge in [-0.25, -0.2) is 4.39 Å². The Morgan fingerprint density at radius 3 is 2.48 bits per heavy atom. The van der Waals surface area contributed by atoms with Crippen LogP contribution >= 0.6 is 0 Å². The molecule has 0 saturated carbocycles. The van der Waals surface area contributed by atoms with Crippen LogP contribution in [-0.4, -0.2) is 10.8 Å². The molecule has 2 aromatic rings. The van der Waals surface area contributed by atoms with E-state index in [4.69, 9.17) is 5.73 Å². The number of benzene rings is 2. The van der Waals surface area contributed by atoms with Crippen LogP contribution < -0.4 is 11.1 Å². The van der Waals surface area contributed by atoms with Gasteiger partial charge in [-0.05, 0) is 29.8 Å². The smallest absolute Gasteiger partial charge is 0.292 e. The molecular weight excluding hydrogens is 277 g/mol. The number of nitrogen functional groups attached to an aromatic ring is 1. The van der Waals surface area contributed by atoms with E-state index in [2.05, 4.69) is 5.32 Å². The molecule has 0 radical (unpaired) electrons. The predicted octanol–water partition coefficient (Wildman–Crippen LogP) is 2.25. The Morgan fingerprint density at radius 2 is 1.90 bits per heavy atom. The summed E-state index contributed by atoms with van der Waals surface area (Å²) in [5.41, 5.74) is 6.16. The van der Waals surface area contributed by atoms with E-state index in [-0.39, 0.29) is 29.3 Å². The second-order valence-electron chi connectivity index (χ2n) is 4.34. The van der Waals surface area contributed by atoms with Gasteiger partial charge in [0, 0.05) is 18.2 Å². The van der Waals surface area contributed by atoms with Gasteiger partial charge in [-0.15, -0.1) is 0 Å². The lowest BCUT2D eigenvalue weighted by Crippen LogP contribution is -2.22. The van der Waals surface area contributed by atoms with E-state index in [0.29, 0.717) is 0 Å². The van der Waals surface area contributed by atoms with Crippen molar-refractivity contribution < 1.29 is 14.1 Å². The van der Waals surface area contributed by atoms with Crippen molar-refractivity contribution >= 4 is 17.3 Å². The van der Waals surface area contributed by atoms with Gasteiger partial charge in [0.25, 0.3) is 11.6 Å². The lowest BCUT2D eigenvalue weighted by Gasteiger charge is -2.06. The van der Waals surface area contributed by atoms with Crippen LogP contribution in [0, 0.1) is 15.9 Å². The monoisotopic (exact) mass is 289 g/mol. The number of anilines is 1. The number of carbonyl (C=O) groups is 1. The molecule has 0 atom stereocenters. The average Bonchev–Trinajstić information content (AvgIpc) is 2.45. The number of hydrogen-bond donors (Lipinski definition) is 2. The molecule has 2 rings (SSSR count). The normalized spacial score (nSPS) is 10.1. The zero-order chi connectivity index (χ0) is 15.4. The second-order valence-corrected chi connectivity index (χ2v) is 4.34. The summed E-state index contributed by atoms with van der Waals surface area (Å²) in [4.78, 5) is 21.9. The fraction of sp³-hybridized carbons (Fsp3) is 0.0714. The molecule has 21 heavy (non-hydrogen) atoms. The minimum Gasteiger partial charge on any atom is -0.393 e. The molecule has 0 aliphatic heterocycles. The van der Waals surface area contributed by atoms with Crippen LogP contribution in [0.2, 0.25) is 0 Å². The van der Waals surface area contributed by atoms with Gasteiger partial charge in [-0.3, -0.25) is 14.9 Å². The molecule has 6 nitrogen and oxygen atoms in total. The fourth-order valence-electron chi connectivity index (χ4n) is 1.75. The third kappa shape index (κ3) is 3.53. The van der Waals surface area contributed by atoms with Crippen molar-refractivity contribution in [2.24, 2.45) is 0 Å². The number of nitrogens with zero attached hydrogens (tertiary/aromatic N) is 1. The molecule has 0 fully saturated rings. The number of nitrogens with one attached hydrogen (secondary N) is 1. The van der Waals surface area contributed by atoms with Crippen LogP contribution in [0.3, 0.4) is 0 Å². The molecule has 0 bridgehead atoms. The van der Waals surface area contributed by atoms with Gasteiger partial charge in [0.2, 0.25) is 0 Å². The molecule has 0 aromatic heterocycles.